The van der Waals surface area contributed by atoms with Crippen molar-refractivity contribution in [3.05, 3.63) is 71.8 Å². The summed E-state index contributed by atoms with van der Waals surface area (Å²) in [5, 5.41) is 0. The zero-order chi connectivity index (χ0) is 17.1. The van der Waals surface area contributed by atoms with Crippen LogP contribution < -0.4 is 0 Å². The minimum atomic E-state index is -2.09. The summed E-state index contributed by atoms with van der Waals surface area (Å²) in [4.78, 5) is 24.8. The Hall–Kier alpha value is -2.51. The van der Waals surface area contributed by atoms with Crippen LogP contribution in [-0.2, 0) is 25.0 Å². The molecule has 1 aliphatic heterocycles. The van der Waals surface area contributed by atoms with Crippen LogP contribution in [0.1, 0.15) is 22.0 Å². The van der Waals surface area contributed by atoms with E-state index < -0.39 is 35.3 Å². The third-order valence-corrected chi connectivity index (χ3v) is 4.77. The first-order chi connectivity index (χ1) is 11.6. The zero-order valence-electron chi connectivity index (χ0n) is 12.8. The van der Waals surface area contributed by atoms with Gasteiger partial charge in [0, 0.05) is 5.56 Å². The number of rotatable bonds is 3. The van der Waals surface area contributed by atoms with Gasteiger partial charge in [-0.05, 0) is 17.7 Å². The van der Waals surface area contributed by atoms with Gasteiger partial charge in [-0.15, -0.1) is 0 Å². The molecular formula is C17H15NO5S. The Kier molecular flexibility index (Phi) is 4.73. The largest absolute Gasteiger partial charge is 0.467 e. The van der Waals surface area contributed by atoms with E-state index in [1.165, 1.54) is 7.11 Å². The summed E-state index contributed by atoms with van der Waals surface area (Å²) >= 11 is -2.09. The lowest BCUT2D eigenvalue weighted by atomic mass is 10.0. The smallest absolute Gasteiger partial charge is 0.339 e. The van der Waals surface area contributed by atoms with Gasteiger partial charge in [-0.25, -0.2) is 13.3 Å². The molecule has 1 unspecified atom stereocenters. The molecule has 7 heteroatoms. The number of hydrogen-bond acceptors (Lipinski definition) is 5. The van der Waals surface area contributed by atoms with Gasteiger partial charge in [0.15, 0.2) is 6.10 Å². The van der Waals surface area contributed by atoms with Gasteiger partial charge in [0.1, 0.15) is 6.04 Å². The van der Waals surface area contributed by atoms with Crippen molar-refractivity contribution in [3.63, 3.8) is 0 Å². The molecule has 0 aromatic heterocycles. The van der Waals surface area contributed by atoms with Crippen LogP contribution in [0.4, 0.5) is 0 Å². The second kappa shape index (κ2) is 6.94. The highest BCUT2D eigenvalue weighted by atomic mass is 32.2. The van der Waals surface area contributed by atoms with Crippen molar-refractivity contribution in [3.8, 4) is 0 Å². The van der Waals surface area contributed by atoms with Crippen LogP contribution in [-0.4, -0.2) is 33.6 Å². The molecule has 2 aromatic rings. The lowest BCUT2D eigenvalue weighted by Crippen LogP contribution is -2.36. The van der Waals surface area contributed by atoms with Gasteiger partial charge < -0.3 is 4.74 Å². The minimum Gasteiger partial charge on any atom is -0.467 e. The number of methoxy groups -OCH3 is 1. The normalized spacial score (nSPS) is 23.0. The summed E-state index contributed by atoms with van der Waals surface area (Å²) < 4.78 is 23.4. The highest BCUT2D eigenvalue weighted by Gasteiger charge is 2.49. The molecule has 0 spiro atoms. The predicted molar refractivity (Wildman–Crippen MR) is 86.8 cm³/mol. The molecular weight excluding hydrogens is 330 g/mol. The van der Waals surface area contributed by atoms with E-state index in [9.17, 15) is 13.8 Å². The van der Waals surface area contributed by atoms with Gasteiger partial charge in [-0.1, -0.05) is 48.5 Å². The summed E-state index contributed by atoms with van der Waals surface area (Å²) in [5.74, 6) is -1.16. The Morgan fingerprint density at radius 1 is 1.04 bits per heavy atom. The molecule has 0 saturated carbocycles. The summed E-state index contributed by atoms with van der Waals surface area (Å²) in [6.07, 6.45) is -1.15. The quantitative estimate of drug-likeness (QED) is 0.796. The first kappa shape index (κ1) is 16.4. The molecule has 6 nitrogen and oxygen atoms in total. The van der Waals surface area contributed by atoms with Crippen LogP contribution in [0.15, 0.2) is 60.7 Å². The summed E-state index contributed by atoms with van der Waals surface area (Å²) in [5.41, 5.74) is 1.00. The van der Waals surface area contributed by atoms with Gasteiger partial charge in [0.2, 0.25) is 0 Å². The Morgan fingerprint density at radius 2 is 1.62 bits per heavy atom. The van der Waals surface area contributed by atoms with Crippen molar-refractivity contribution in [1.29, 1.82) is 0 Å². The Bertz CT molecular complexity index is 765. The molecule has 124 valence electrons. The minimum absolute atomic E-state index is 0.362. The van der Waals surface area contributed by atoms with Gasteiger partial charge in [-0.2, -0.15) is 0 Å². The fourth-order valence-electron chi connectivity index (χ4n) is 2.55. The third-order valence-electron chi connectivity index (χ3n) is 3.68. The Balaban J connectivity index is 2.04. The summed E-state index contributed by atoms with van der Waals surface area (Å²) in [6.45, 7) is 0. The van der Waals surface area contributed by atoms with Crippen molar-refractivity contribution >= 4 is 23.1 Å². The average molecular weight is 345 g/mol. The second-order valence-electron chi connectivity index (χ2n) is 5.11. The SMILES string of the molecule is COC(=O)[C@@H]1OS(=O)N(C(=O)c2ccccc2)[C@H]1c1ccccc1. The van der Waals surface area contributed by atoms with E-state index in [1.807, 2.05) is 6.07 Å². The predicted octanol–water partition coefficient (Wildman–Crippen LogP) is 2.02. The Labute approximate surface area is 141 Å². The molecule has 1 fully saturated rings. The topological polar surface area (TPSA) is 72.9 Å². The van der Waals surface area contributed by atoms with Crippen molar-refractivity contribution < 1.29 is 22.7 Å². The molecule has 1 saturated heterocycles. The monoisotopic (exact) mass is 345 g/mol. The zero-order valence-corrected chi connectivity index (χ0v) is 13.6. The van der Waals surface area contributed by atoms with E-state index >= 15 is 0 Å². The van der Waals surface area contributed by atoms with Crippen molar-refractivity contribution in [2.24, 2.45) is 0 Å². The number of hydrogen-bond donors (Lipinski definition) is 0. The summed E-state index contributed by atoms with van der Waals surface area (Å²) in [6, 6.07) is 16.5. The molecule has 2 aromatic carbocycles. The van der Waals surface area contributed by atoms with Crippen molar-refractivity contribution in [2.45, 2.75) is 12.1 Å². The van der Waals surface area contributed by atoms with Crippen LogP contribution in [0.2, 0.25) is 0 Å². The molecule has 1 amide bonds. The van der Waals surface area contributed by atoms with E-state index in [1.54, 1.807) is 54.6 Å². The fraction of sp³-hybridized carbons (Fsp3) is 0.176. The maximum Gasteiger partial charge on any atom is 0.339 e. The molecule has 0 bridgehead atoms. The molecule has 24 heavy (non-hydrogen) atoms. The van der Waals surface area contributed by atoms with Crippen LogP contribution in [0.3, 0.4) is 0 Å². The van der Waals surface area contributed by atoms with Crippen LogP contribution in [0, 0.1) is 0 Å². The maximum atomic E-state index is 12.8. The Morgan fingerprint density at radius 3 is 2.21 bits per heavy atom. The molecule has 0 aliphatic carbocycles. The average Bonchev–Trinajstić information content (AvgIpc) is 2.99. The van der Waals surface area contributed by atoms with Crippen LogP contribution in [0.5, 0.6) is 0 Å². The number of benzene rings is 2. The summed E-state index contributed by atoms with van der Waals surface area (Å²) in [7, 11) is 1.22. The number of amides is 1. The number of ether oxygens (including phenoxy) is 1. The second-order valence-corrected chi connectivity index (χ2v) is 6.13. The molecule has 1 aliphatic rings. The third kappa shape index (κ3) is 2.95. The first-order valence-electron chi connectivity index (χ1n) is 7.24. The van der Waals surface area contributed by atoms with Crippen LogP contribution >= 0.6 is 0 Å². The van der Waals surface area contributed by atoms with E-state index in [2.05, 4.69) is 0 Å². The number of nitrogens with zero attached hydrogens (tertiary/aromatic N) is 1. The van der Waals surface area contributed by atoms with Gasteiger partial charge in [0.25, 0.3) is 17.2 Å². The highest BCUT2D eigenvalue weighted by molar-refractivity contribution is 7.78. The van der Waals surface area contributed by atoms with Crippen LogP contribution in [0.25, 0.3) is 0 Å². The standard InChI is InChI=1S/C17H15NO5S/c1-22-17(20)15-14(12-8-4-2-5-9-12)18(24(21)23-15)16(19)13-10-6-3-7-11-13/h2-11,14-15H,1H3/t14-,15+,24?/m0/s1. The van der Waals surface area contributed by atoms with E-state index in [0.717, 1.165) is 4.31 Å². The fourth-order valence-corrected chi connectivity index (χ4v) is 3.66. The van der Waals surface area contributed by atoms with Gasteiger partial charge >= 0.3 is 5.97 Å². The lowest BCUT2D eigenvalue weighted by molar-refractivity contribution is -0.149. The number of carbonyl (C=O) groups is 2. The van der Waals surface area contributed by atoms with E-state index in [-0.39, 0.29) is 0 Å². The van der Waals surface area contributed by atoms with Gasteiger partial charge in [-0.3, -0.25) is 8.98 Å². The lowest BCUT2D eigenvalue weighted by Gasteiger charge is -2.23. The number of carbonyl (C=O) groups excluding carboxylic acids is 2. The molecule has 0 N–H and O–H groups in total. The van der Waals surface area contributed by atoms with Crippen molar-refractivity contribution in [2.75, 3.05) is 7.11 Å². The molecule has 0 radical (unpaired) electrons. The molecule has 1 heterocycles. The van der Waals surface area contributed by atoms with E-state index in [0.29, 0.717) is 11.1 Å². The maximum absolute atomic E-state index is 12.8. The van der Waals surface area contributed by atoms with Gasteiger partial charge in [0.05, 0.1) is 7.11 Å². The highest BCUT2D eigenvalue weighted by Crippen LogP contribution is 2.36. The molecule has 3 atom stereocenters. The first-order valence-corrected chi connectivity index (χ1v) is 8.27. The van der Waals surface area contributed by atoms with E-state index in [4.69, 9.17) is 8.92 Å². The number of esters is 1. The van der Waals surface area contributed by atoms with Crippen molar-refractivity contribution in [1.82, 2.24) is 4.31 Å². The molecule has 3 rings (SSSR count).